The summed E-state index contributed by atoms with van der Waals surface area (Å²) in [5, 5.41) is 3.67. The maximum Gasteiger partial charge on any atom is 0.161 e. The van der Waals surface area contributed by atoms with Crippen molar-refractivity contribution >= 4 is 0 Å². The number of hydrogen-bond acceptors (Lipinski definition) is 5. The van der Waals surface area contributed by atoms with Crippen LogP contribution in [0.25, 0.3) is 0 Å². The van der Waals surface area contributed by atoms with Gasteiger partial charge in [0.05, 0.1) is 19.3 Å². The topological polar surface area (TPSA) is 43.0 Å². The Bertz CT molecular complexity index is 805. The van der Waals surface area contributed by atoms with E-state index >= 15 is 0 Å². The molecule has 1 unspecified atom stereocenters. The molecule has 1 atom stereocenters. The Balaban J connectivity index is 1.81. The zero-order valence-electron chi connectivity index (χ0n) is 18.9. The molecule has 30 heavy (non-hydrogen) atoms. The van der Waals surface area contributed by atoms with Crippen LogP contribution < -0.4 is 19.5 Å². The van der Waals surface area contributed by atoms with Crippen LogP contribution in [0.5, 0.6) is 17.2 Å². The van der Waals surface area contributed by atoms with Crippen molar-refractivity contribution in [2.45, 2.75) is 40.2 Å². The van der Waals surface area contributed by atoms with Crippen LogP contribution in [-0.2, 0) is 6.42 Å². The molecule has 164 valence electrons. The highest BCUT2D eigenvalue weighted by Gasteiger charge is 2.24. The second kappa shape index (κ2) is 11.2. The first-order valence-corrected chi connectivity index (χ1v) is 11.3. The lowest BCUT2D eigenvalue weighted by Crippen LogP contribution is -2.30. The van der Waals surface area contributed by atoms with Gasteiger partial charge in [0.25, 0.3) is 0 Å². The Morgan fingerprint density at radius 2 is 1.67 bits per heavy atom. The third-order valence-corrected chi connectivity index (χ3v) is 5.62. The van der Waals surface area contributed by atoms with Crippen LogP contribution in [0.1, 0.15) is 50.4 Å². The minimum atomic E-state index is 0.120. The predicted molar refractivity (Wildman–Crippen MR) is 122 cm³/mol. The first-order chi connectivity index (χ1) is 14.7. The third kappa shape index (κ3) is 5.46. The van der Waals surface area contributed by atoms with E-state index in [0.717, 1.165) is 49.8 Å². The molecule has 1 aliphatic heterocycles. The molecule has 0 saturated carbocycles. The summed E-state index contributed by atoms with van der Waals surface area (Å²) in [6.07, 6.45) is 0.984. The number of fused-ring (bicyclic) bond motifs is 1. The molecule has 1 heterocycles. The van der Waals surface area contributed by atoms with Gasteiger partial charge in [0.15, 0.2) is 11.5 Å². The number of nitrogens with zero attached hydrogens (tertiary/aromatic N) is 1. The minimum absolute atomic E-state index is 0.120. The Hall–Kier alpha value is -2.24. The summed E-state index contributed by atoms with van der Waals surface area (Å²) in [6.45, 7) is 14.3. The van der Waals surface area contributed by atoms with Gasteiger partial charge in [-0.15, -0.1) is 0 Å². The molecule has 0 aromatic heterocycles. The molecule has 1 aliphatic rings. The molecule has 3 rings (SSSR count). The molecule has 0 aliphatic carbocycles. The Labute approximate surface area is 181 Å². The average molecular weight is 413 g/mol. The Morgan fingerprint density at radius 1 is 0.933 bits per heavy atom. The van der Waals surface area contributed by atoms with E-state index in [2.05, 4.69) is 54.4 Å². The number of rotatable bonds is 11. The zero-order chi connectivity index (χ0) is 21.3. The average Bonchev–Trinajstić information content (AvgIpc) is 2.77. The van der Waals surface area contributed by atoms with Crippen LogP contribution in [0, 0.1) is 0 Å². The predicted octanol–water partition coefficient (Wildman–Crippen LogP) is 4.44. The highest BCUT2D eigenvalue weighted by Crippen LogP contribution is 2.38. The molecule has 5 nitrogen and oxygen atoms in total. The highest BCUT2D eigenvalue weighted by atomic mass is 16.5. The van der Waals surface area contributed by atoms with Gasteiger partial charge in [-0.3, -0.25) is 0 Å². The molecule has 0 amide bonds. The third-order valence-electron chi connectivity index (χ3n) is 5.62. The van der Waals surface area contributed by atoms with E-state index in [-0.39, 0.29) is 6.04 Å². The minimum Gasteiger partial charge on any atom is -0.492 e. The maximum absolute atomic E-state index is 6.06. The number of benzene rings is 2. The van der Waals surface area contributed by atoms with E-state index in [1.54, 1.807) is 0 Å². The first kappa shape index (κ1) is 22.4. The van der Waals surface area contributed by atoms with Gasteiger partial charge < -0.3 is 24.4 Å². The maximum atomic E-state index is 6.06. The first-order valence-electron chi connectivity index (χ1n) is 11.3. The number of ether oxygens (including phenoxy) is 3. The van der Waals surface area contributed by atoms with Gasteiger partial charge in [0.1, 0.15) is 12.4 Å². The summed E-state index contributed by atoms with van der Waals surface area (Å²) < 4.78 is 17.8. The summed E-state index contributed by atoms with van der Waals surface area (Å²) in [5.74, 6) is 2.58. The van der Waals surface area contributed by atoms with E-state index < -0.39 is 0 Å². The Morgan fingerprint density at radius 3 is 2.37 bits per heavy atom. The van der Waals surface area contributed by atoms with Crippen molar-refractivity contribution in [3.8, 4) is 17.2 Å². The number of nitrogens with one attached hydrogen (secondary N) is 1. The number of likely N-dealkylation sites (N-methyl/N-ethyl adjacent to an activating group) is 1. The van der Waals surface area contributed by atoms with E-state index in [9.17, 15) is 0 Å². The summed E-state index contributed by atoms with van der Waals surface area (Å²) >= 11 is 0. The standard InChI is InChI=1S/C25H36N2O3/c1-5-27(6-2)14-15-30-21-11-9-10-20(16-21)25-22-18-24(29-8-4)23(28-7-3)17-19(22)12-13-26-25/h9-11,16-18,25-26H,5-8,12-15H2,1-4H3. The van der Waals surface area contributed by atoms with Gasteiger partial charge in [0.2, 0.25) is 0 Å². The molecule has 0 radical (unpaired) electrons. The van der Waals surface area contributed by atoms with Crippen LogP contribution in [0.2, 0.25) is 0 Å². The van der Waals surface area contributed by atoms with Crippen molar-refractivity contribution in [1.82, 2.24) is 10.2 Å². The molecule has 0 saturated heterocycles. The van der Waals surface area contributed by atoms with E-state index in [4.69, 9.17) is 14.2 Å². The molecule has 0 bridgehead atoms. The molecule has 5 heteroatoms. The van der Waals surface area contributed by atoms with Crippen molar-refractivity contribution in [3.05, 3.63) is 53.1 Å². The smallest absolute Gasteiger partial charge is 0.161 e. The van der Waals surface area contributed by atoms with E-state index in [1.165, 1.54) is 16.7 Å². The van der Waals surface area contributed by atoms with Crippen LogP contribution in [0.4, 0.5) is 0 Å². The lowest BCUT2D eigenvalue weighted by molar-refractivity contribution is 0.222. The molecule has 0 spiro atoms. The van der Waals surface area contributed by atoms with E-state index in [0.29, 0.717) is 19.8 Å². The summed E-state index contributed by atoms with van der Waals surface area (Å²) in [7, 11) is 0. The van der Waals surface area contributed by atoms with Gasteiger partial charge >= 0.3 is 0 Å². The van der Waals surface area contributed by atoms with Crippen LogP contribution in [0.3, 0.4) is 0 Å². The van der Waals surface area contributed by atoms with Gasteiger partial charge in [-0.1, -0.05) is 26.0 Å². The quantitative estimate of drug-likeness (QED) is 0.591. The van der Waals surface area contributed by atoms with Crippen molar-refractivity contribution in [1.29, 1.82) is 0 Å². The molecule has 0 fully saturated rings. The van der Waals surface area contributed by atoms with Crippen LogP contribution in [0.15, 0.2) is 36.4 Å². The second-order valence-corrected chi connectivity index (χ2v) is 7.45. The largest absolute Gasteiger partial charge is 0.492 e. The fraction of sp³-hybridized carbons (Fsp3) is 0.520. The SMILES string of the molecule is CCOc1cc2c(cc1OCC)C(c1cccc(OCCN(CC)CC)c1)NCC2. The molecular formula is C25H36N2O3. The van der Waals surface area contributed by atoms with Crippen LogP contribution >= 0.6 is 0 Å². The van der Waals surface area contributed by atoms with Crippen LogP contribution in [-0.4, -0.2) is 50.9 Å². The lowest BCUT2D eigenvalue weighted by atomic mass is 9.89. The normalized spacial score (nSPS) is 15.7. The molecule has 2 aromatic carbocycles. The van der Waals surface area contributed by atoms with Crippen molar-refractivity contribution in [3.63, 3.8) is 0 Å². The monoisotopic (exact) mass is 412 g/mol. The fourth-order valence-electron chi connectivity index (χ4n) is 4.01. The molecule has 2 aromatic rings. The second-order valence-electron chi connectivity index (χ2n) is 7.45. The van der Waals surface area contributed by atoms with Gasteiger partial charge in [-0.25, -0.2) is 0 Å². The molecular weight excluding hydrogens is 376 g/mol. The van der Waals surface area contributed by atoms with Gasteiger partial charge in [-0.05, 0) is 74.3 Å². The summed E-state index contributed by atoms with van der Waals surface area (Å²) in [6, 6.07) is 12.9. The van der Waals surface area contributed by atoms with Crippen molar-refractivity contribution in [2.24, 2.45) is 0 Å². The van der Waals surface area contributed by atoms with E-state index in [1.807, 2.05) is 19.9 Å². The van der Waals surface area contributed by atoms with Crippen molar-refractivity contribution < 1.29 is 14.2 Å². The Kier molecular flexibility index (Phi) is 8.40. The molecule has 1 N–H and O–H groups in total. The van der Waals surface area contributed by atoms with Crippen molar-refractivity contribution in [2.75, 3.05) is 46.0 Å². The fourth-order valence-corrected chi connectivity index (χ4v) is 4.01. The lowest BCUT2D eigenvalue weighted by Gasteiger charge is -2.29. The highest BCUT2D eigenvalue weighted by molar-refractivity contribution is 5.52. The van der Waals surface area contributed by atoms with Gasteiger partial charge in [0, 0.05) is 13.1 Å². The summed E-state index contributed by atoms with van der Waals surface area (Å²) in [4.78, 5) is 2.37. The van der Waals surface area contributed by atoms with Gasteiger partial charge in [-0.2, -0.15) is 0 Å². The summed E-state index contributed by atoms with van der Waals surface area (Å²) in [5.41, 5.74) is 3.79. The zero-order valence-corrected chi connectivity index (χ0v) is 18.9. The number of hydrogen-bond donors (Lipinski definition) is 1.